The minimum atomic E-state index is -3.45. The van der Waals surface area contributed by atoms with Gasteiger partial charge in [-0.25, -0.2) is 13.4 Å². The maximum Gasteiger partial charge on any atom is 0.261 e. The van der Waals surface area contributed by atoms with E-state index in [0.717, 1.165) is 60.8 Å². The van der Waals surface area contributed by atoms with Crippen molar-refractivity contribution in [3.63, 3.8) is 0 Å². The molecular weight excluding hydrogens is 420 g/mol. The Kier molecular flexibility index (Phi) is 6.40. The summed E-state index contributed by atoms with van der Waals surface area (Å²) in [5, 5.41) is 3.13. The van der Waals surface area contributed by atoms with Crippen molar-refractivity contribution in [1.29, 1.82) is 0 Å². The van der Waals surface area contributed by atoms with E-state index in [2.05, 4.69) is 15.2 Å². The smallest absolute Gasteiger partial charge is 0.261 e. The monoisotopic (exact) mass is 448 g/mol. The number of hydrogen-bond donors (Lipinski definition) is 1. The Morgan fingerprint density at radius 1 is 1.07 bits per heavy atom. The summed E-state index contributed by atoms with van der Waals surface area (Å²) in [5.74, 6) is 0.781. The normalized spacial score (nSPS) is 19.0. The fourth-order valence-electron chi connectivity index (χ4n) is 4.03. The van der Waals surface area contributed by atoms with Gasteiger partial charge in [0.1, 0.15) is 10.7 Å². The first kappa shape index (κ1) is 21.3. The number of nitrogens with one attached hydrogen (secondary N) is 1. The summed E-state index contributed by atoms with van der Waals surface area (Å²) < 4.78 is 27.1. The van der Waals surface area contributed by atoms with Gasteiger partial charge in [0, 0.05) is 43.3 Å². The standard InChI is InChI=1S/C21H28N4O3S2/c1-16-5-7-19(29-16)21(26)23-17-9-13-24(14-10-17)20-8-6-18(15-22-20)30(27,28)25-11-3-2-4-12-25/h5-8,15,17H,2-4,9-14H2,1H3,(H,23,26). The van der Waals surface area contributed by atoms with E-state index in [4.69, 9.17) is 0 Å². The molecule has 2 saturated heterocycles. The van der Waals surface area contributed by atoms with Gasteiger partial charge in [-0.2, -0.15) is 4.31 Å². The van der Waals surface area contributed by atoms with E-state index in [-0.39, 0.29) is 16.8 Å². The van der Waals surface area contributed by atoms with E-state index < -0.39 is 10.0 Å². The predicted molar refractivity (Wildman–Crippen MR) is 119 cm³/mol. The summed E-state index contributed by atoms with van der Waals surface area (Å²) >= 11 is 1.51. The molecule has 0 aromatic carbocycles. The van der Waals surface area contributed by atoms with Crippen LogP contribution in [0.25, 0.3) is 0 Å². The highest BCUT2D eigenvalue weighted by Crippen LogP contribution is 2.23. The first-order valence-electron chi connectivity index (χ1n) is 10.5. The molecule has 2 aromatic heterocycles. The van der Waals surface area contributed by atoms with E-state index in [9.17, 15) is 13.2 Å². The average molecular weight is 449 g/mol. The maximum absolute atomic E-state index is 12.8. The number of aromatic nitrogens is 1. The number of nitrogens with zero attached hydrogens (tertiary/aromatic N) is 3. The number of pyridine rings is 1. The quantitative estimate of drug-likeness (QED) is 0.760. The number of carbonyl (C=O) groups excluding carboxylic acids is 1. The minimum Gasteiger partial charge on any atom is -0.356 e. The summed E-state index contributed by atoms with van der Waals surface area (Å²) in [4.78, 5) is 21.1. The van der Waals surface area contributed by atoms with Gasteiger partial charge in [-0.3, -0.25) is 4.79 Å². The molecule has 162 valence electrons. The molecule has 2 aliphatic rings. The minimum absolute atomic E-state index is 0.00283. The summed E-state index contributed by atoms with van der Waals surface area (Å²) in [6.45, 7) is 4.73. The summed E-state index contributed by atoms with van der Waals surface area (Å²) in [5.41, 5.74) is 0. The van der Waals surface area contributed by atoms with Crippen LogP contribution in [0.3, 0.4) is 0 Å². The van der Waals surface area contributed by atoms with Crippen LogP contribution in [-0.4, -0.2) is 55.8 Å². The summed E-state index contributed by atoms with van der Waals surface area (Å²) in [6, 6.07) is 7.44. The molecule has 30 heavy (non-hydrogen) atoms. The van der Waals surface area contributed by atoms with Crippen LogP contribution in [-0.2, 0) is 10.0 Å². The second-order valence-corrected chi connectivity index (χ2v) is 11.2. The van der Waals surface area contributed by atoms with Gasteiger partial charge in [0.25, 0.3) is 5.91 Å². The lowest BCUT2D eigenvalue weighted by molar-refractivity contribution is 0.0935. The van der Waals surface area contributed by atoms with Crippen molar-refractivity contribution >= 4 is 33.1 Å². The van der Waals surface area contributed by atoms with E-state index in [1.165, 1.54) is 17.5 Å². The highest BCUT2D eigenvalue weighted by atomic mass is 32.2. The molecule has 0 saturated carbocycles. The number of piperidine rings is 2. The van der Waals surface area contributed by atoms with Crippen LogP contribution < -0.4 is 10.2 Å². The van der Waals surface area contributed by atoms with Gasteiger partial charge in [-0.05, 0) is 56.9 Å². The van der Waals surface area contributed by atoms with Crippen LogP contribution in [0.1, 0.15) is 46.7 Å². The molecule has 4 heterocycles. The lowest BCUT2D eigenvalue weighted by Crippen LogP contribution is -2.44. The van der Waals surface area contributed by atoms with Gasteiger partial charge in [0.15, 0.2) is 0 Å². The van der Waals surface area contributed by atoms with Crippen molar-refractivity contribution in [2.24, 2.45) is 0 Å². The molecule has 0 unspecified atom stereocenters. The molecule has 2 aliphatic heterocycles. The van der Waals surface area contributed by atoms with Crippen LogP contribution >= 0.6 is 11.3 Å². The Morgan fingerprint density at radius 3 is 2.40 bits per heavy atom. The summed E-state index contributed by atoms with van der Waals surface area (Å²) in [7, 11) is -3.45. The van der Waals surface area contributed by atoms with Crippen molar-refractivity contribution in [3.8, 4) is 0 Å². The second-order valence-electron chi connectivity index (χ2n) is 7.96. The molecule has 2 aromatic rings. The number of hydrogen-bond acceptors (Lipinski definition) is 6. The fourth-order valence-corrected chi connectivity index (χ4v) is 6.27. The second kappa shape index (κ2) is 9.03. The van der Waals surface area contributed by atoms with E-state index >= 15 is 0 Å². The largest absolute Gasteiger partial charge is 0.356 e. The van der Waals surface area contributed by atoms with Gasteiger partial charge in [0.2, 0.25) is 10.0 Å². The molecule has 1 amide bonds. The molecule has 0 bridgehead atoms. The molecular formula is C21H28N4O3S2. The van der Waals surface area contributed by atoms with Gasteiger partial charge in [0.05, 0.1) is 4.88 Å². The van der Waals surface area contributed by atoms with Gasteiger partial charge in [-0.1, -0.05) is 6.42 Å². The predicted octanol–water partition coefficient (Wildman–Crippen LogP) is 3.02. The number of anilines is 1. The lowest BCUT2D eigenvalue weighted by atomic mass is 10.0. The first-order chi connectivity index (χ1) is 14.4. The third kappa shape index (κ3) is 4.68. The molecule has 2 fully saturated rings. The topological polar surface area (TPSA) is 82.6 Å². The molecule has 0 radical (unpaired) electrons. The van der Waals surface area contributed by atoms with Gasteiger partial charge >= 0.3 is 0 Å². The lowest BCUT2D eigenvalue weighted by Gasteiger charge is -2.33. The van der Waals surface area contributed by atoms with Crippen LogP contribution in [0.2, 0.25) is 0 Å². The molecule has 0 spiro atoms. The first-order valence-corrected chi connectivity index (χ1v) is 12.8. The highest BCUT2D eigenvalue weighted by Gasteiger charge is 2.27. The number of carbonyl (C=O) groups is 1. The number of sulfonamides is 1. The van der Waals surface area contributed by atoms with E-state index in [1.807, 2.05) is 19.1 Å². The fraction of sp³-hybridized carbons (Fsp3) is 0.524. The van der Waals surface area contributed by atoms with Gasteiger partial charge in [-0.15, -0.1) is 11.3 Å². The van der Waals surface area contributed by atoms with Crippen molar-refractivity contribution in [2.75, 3.05) is 31.1 Å². The maximum atomic E-state index is 12.8. The van der Waals surface area contributed by atoms with Crippen molar-refractivity contribution in [1.82, 2.24) is 14.6 Å². The molecule has 9 heteroatoms. The van der Waals surface area contributed by atoms with E-state index in [0.29, 0.717) is 13.1 Å². The van der Waals surface area contributed by atoms with E-state index in [1.54, 1.807) is 16.4 Å². The zero-order chi connectivity index (χ0) is 21.1. The molecule has 4 rings (SSSR count). The van der Waals surface area contributed by atoms with Crippen molar-refractivity contribution in [2.45, 2.75) is 50.0 Å². The zero-order valence-electron chi connectivity index (χ0n) is 17.2. The SMILES string of the molecule is Cc1ccc(C(=O)NC2CCN(c3ccc(S(=O)(=O)N4CCCCC4)cn3)CC2)s1. The third-order valence-corrected chi connectivity index (χ3v) is 8.67. The Balaban J connectivity index is 1.33. The van der Waals surface area contributed by atoms with Crippen LogP contribution in [0.15, 0.2) is 35.4 Å². The summed E-state index contributed by atoms with van der Waals surface area (Å²) in [6.07, 6.45) is 6.08. The molecule has 1 N–H and O–H groups in total. The van der Waals surface area contributed by atoms with Crippen LogP contribution in [0.5, 0.6) is 0 Å². The zero-order valence-corrected chi connectivity index (χ0v) is 18.8. The van der Waals surface area contributed by atoms with Crippen molar-refractivity contribution in [3.05, 3.63) is 40.2 Å². The number of thiophene rings is 1. The Morgan fingerprint density at radius 2 is 1.80 bits per heavy atom. The molecule has 7 nitrogen and oxygen atoms in total. The van der Waals surface area contributed by atoms with Gasteiger partial charge < -0.3 is 10.2 Å². The average Bonchev–Trinajstić information content (AvgIpc) is 3.21. The number of aryl methyl sites for hydroxylation is 1. The van der Waals surface area contributed by atoms with Crippen LogP contribution in [0, 0.1) is 6.92 Å². The Hall–Kier alpha value is -1.97. The highest BCUT2D eigenvalue weighted by molar-refractivity contribution is 7.89. The third-order valence-electron chi connectivity index (χ3n) is 5.79. The number of rotatable bonds is 5. The molecule has 0 atom stereocenters. The molecule has 0 aliphatic carbocycles. The van der Waals surface area contributed by atoms with Crippen molar-refractivity contribution < 1.29 is 13.2 Å². The Labute approximate surface area is 182 Å². The number of amides is 1. The van der Waals surface area contributed by atoms with Crippen LogP contribution in [0.4, 0.5) is 5.82 Å². The Bertz CT molecular complexity index is 974.